The van der Waals surface area contributed by atoms with Crippen molar-refractivity contribution in [1.82, 2.24) is 9.88 Å². The molecule has 2 heterocycles. The van der Waals surface area contributed by atoms with Gasteiger partial charge in [0.15, 0.2) is 0 Å². The van der Waals surface area contributed by atoms with Crippen LogP contribution in [0.3, 0.4) is 0 Å². The topological polar surface area (TPSA) is 45.2 Å². The van der Waals surface area contributed by atoms with Crippen molar-refractivity contribution in [2.75, 3.05) is 24.2 Å². The summed E-state index contributed by atoms with van der Waals surface area (Å²) in [6.07, 6.45) is 3.73. The molecule has 6 heteroatoms. The number of urea groups is 1. The van der Waals surface area contributed by atoms with E-state index in [0.29, 0.717) is 19.0 Å². The van der Waals surface area contributed by atoms with Crippen molar-refractivity contribution >= 4 is 23.5 Å². The molecule has 1 aromatic carbocycles. The van der Waals surface area contributed by atoms with Gasteiger partial charge in [-0.3, -0.25) is 0 Å². The number of carbonyl (C=O) groups is 1. The fraction of sp³-hybridized carbons (Fsp3) is 0.333. The number of hydrogen-bond acceptors (Lipinski definition) is 3. The van der Waals surface area contributed by atoms with Crippen LogP contribution in [0, 0.1) is 11.7 Å². The molecular weight excluding hydrogens is 325 g/mol. The Labute approximate surface area is 145 Å². The highest BCUT2D eigenvalue weighted by Gasteiger charge is 2.23. The largest absolute Gasteiger partial charge is 0.325 e. The van der Waals surface area contributed by atoms with Crippen molar-refractivity contribution in [3.63, 3.8) is 0 Å². The van der Waals surface area contributed by atoms with Gasteiger partial charge in [-0.15, -0.1) is 11.8 Å². The van der Waals surface area contributed by atoms with Gasteiger partial charge in [-0.25, -0.2) is 14.2 Å². The number of amides is 2. The van der Waals surface area contributed by atoms with Gasteiger partial charge in [-0.1, -0.05) is 18.2 Å². The summed E-state index contributed by atoms with van der Waals surface area (Å²) in [4.78, 5) is 18.3. The smallest absolute Gasteiger partial charge is 0.321 e. The molecule has 0 spiro atoms. The van der Waals surface area contributed by atoms with E-state index in [1.165, 1.54) is 6.07 Å². The van der Waals surface area contributed by atoms with Crippen LogP contribution in [-0.2, 0) is 0 Å². The number of nitrogens with zero attached hydrogens (tertiary/aromatic N) is 2. The zero-order chi connectivity index (χ0) is 16.8. The number of likely N-dealkylation sites (tertiary alicyclic amines) is 1. The minimum atomic E-state index is -0.410. The Morgan fingerprint density at radius 2 is 1.96 bits per heavy atom. The maximum Gasteiger partial charge on any atom is 0.321 e. The van der Waals surface area contributed by atoms with Gasteiger partial charge in [0.25, 0.3) is 0 Å². The Kier molecular flexibility index (Phi) is 5.69. The molecule has 1 saturated heterocycles. The Bertz CT molecular complexity index is 675. The highest BCUT2D eigenvalue weighted by molar-refractivity contribution is 7.99. The molecule has 2 amide bonds. The minimum Gasteiger partial charge on any atom is -0.325 e. The number of piperidine rings is 1. The zero-order valence-electron chi connectivity index (χ0n) is 13.3. The summed E-state index contributed by atoms with van der Waals surface area (Å²) < 4.78 is 13.6. The second-order valence-electron chi connectivity index (χ2n) is 5.82. The molecule has 1 N–H and O–H groups in total. The van der Waals surface area contributed by atoms with E-state index in [-0.39, 0.29) is 11.7 Å². The maximum absolute atomic E-state index is 13.6. The van der Waals surface area contributed by atoms with Gasteiger partial charge >= 0.3 is 6.03 Å². The zero-order valence-corrected chi connectivity index (χ0v) is 14.1. The number of halogens is 1. The number of thioether (sulfide) groups is 1. The third-order valence-corrected chi connectivity index (χ3v) is 5.30. The predicted octanol–water partition coefficient (Wildman–Crippen LogP) is 4.26. The number of anilines is 1. The average molecular weight is 345 g/mol. The van der Waals surface area contributed by atoms with Crippen molar-refractivity contribution in [3.05, 3.63) is 54.5 Å². The van der Waals surface area contributed by atoms with Crippen LogP contribution >= 0.6 is 11.8 Å². The quantitative estimate of drug-likeness (QED) is 0.842. The second-order valence-corrected chi connectivity index (χ2v) is 6.86. The lowest BCUT2D eigenvalue weighted by Crippen LogP contribution is -2.41. The highest BCUT2D eigenvalue weighted by Crippen LogP contribution is 2.25. The van der Waals surface area contributed by atoms with Gasteiger partial charge < -0.3 is 10.2 Å². The van der Waals surface area contributed by atoms with E-state index in [1.807, 2.05) is 18.2 Å². The van der Waals surface area contributed by atoms with Crippen LogP contribution in [0.4, 0.5) is 14.9 Å². The van der Waals surface area contributed by atoms with Crippen LogP contribution < -0.4 is 5.32 Å². The van der Waals surface area contributed by atoms with E-state index < -0.39 is 5.82 Å². The Balaban J connectivity index is 1.44. The van der Waals surface area contributed by atoms with Crippen molar-refractivity contribution in [2.45, 2.75) is 17.9 Å². The van der Waals surface area contributed by atoms with Crippen molar-refractivity contribution in [3.8, 4) is 0 Å². The van der Waals surface area contributed by atoms with Crippen molar-refractivity contribution < 1.29 is 9.18 Å². The van der Waals surface area contributed by atoms with Gasteiger partial charge in [-0.2, -0.15) is 0 Å². The summed E-state index contributed by atoms with van der Waals surface area (Å²) in [5.74, 6) is 1.18. The van der Waals surface area contributed by atoms with Gasteiger partial charge in [-0.05, 0) is 43.0 Å². The maximum atomic E-state index is 13.6. The average Bonchev–Trinajstić information content (AvgIpc) is 2.63. The lowest BCUT2D eigenvalue weighted by Gasteiger charge is -2.31. The van der Waals surface area contributed by atoms with E-state index in [9.17, 15) is 9.18 Å². The van der Waals surface area contributed by atoms with Gasteiger partial charge in [0.2, 0.25) is 0 Å². The van der Waals surface area contributed by atoms with E-state index in [0.717, 1.165) is 23.6 Å². The number of rotatable bonds is 4. The number of hydrogen-bond donors (Lipinski definition) is 1. The SMILES string of the molecule is O=C(Nc1ccccc1F)N1CCC(CSc2ccccn2)CC1. The van der Waals surface area contributed by atoms with Gasteiger partial charge in [0, 0.05) is 25.0 Å². The van der Waals surface area contributed by atoms with Crippen LogP contribution in [0.25, 0.3) is 0 Å². The van der Waals surface area contributed by atoms with Gasteiger partial charge in [0.1, 0.15) is 5.82 Å². The number of carbonyl (C=O) groups excluding carboxylic acids is 1. The van der Waals surface area contributed by atoms with E-state index in [2.05, 4.69) is 10.3 Å². The number of nitrogens with one attached hydrogen (secondary N) is 1. The summed E-state index contributed by atoms with van der Waals surface area (Å²) in [5, 5.41) is 3.69. The molecule has 0 atom stereocenters. The summed E-state index contributed by atoms with van der Waals surface area (Å²) in [6.45, 7) is 1.40. The third-order valence-electron chi connectivity index (χ3n) is 4.12. The second kappa shape index (κ2) is 8.15. The van der Waals surface area contributed by atoms with Crippen LogP contribution in [0.15, 0.2) is 53.7 Å². The molecule has 0 radical (unpaired) electrons. The molecule has 1 aliphatic heterocycles. The molecule has 126 valence electrons. The normalized spacial score (nSPS) is 15.3. The number of benzene rings is 1. The number of para-hydroxylation sites is 1. The summed E-state index contributed by atoms with van der Waals surface area (Å²) >= 11 is 1.76. The molecule has 0 saturated carbocycles. The van der Waals surface area contributed by atoms with Gasteiger partial charge in [0.05, 0.1) is 10.7 Å². The molecule has 1 fully saturated rings. The van der Waals surface area contributed by atoms with Crippen molar-refractivity contribution in [1.29, 1.82) is 0 Å². The van der Waals surface area contributed by atoms with E-state index in [4.69, 9.17) is 0 Å². The van der Waals surface area contributed by atoms with E-state index >= 15 is 0 Å². The monoisotopic (exact) mass is 345 g/mol. The molecular formula is C18H20FN3OS. The fourth-order valence-corrected chi connectivity index (χ4v) is 3.75. The summed E-state index contributed by atoms with van der Waals surface area (Å²) in [6, 6.07) is 11.9. The molecule has 4 nitrogen and oxygen atoms in total. The number of pyridine rings is 1. The minimum absolute atomic E-state index is 0.226. The molecule has 24 heavy (non-hydrogen) atoms. The Hall–Kier alpha value is -2.08. The lowest BCUT2D eigenvalue weighted by atomic mass is 9.99. The van der Waals surface area contributed by atoms with Crippen LogP contribution in [0.2, 0.25) is 0 Å². The first kappa shape index (κ1) is 16.8. The third kappa shape index (κ3) is 4.47. The molecule has 0 bridgehead atoms. The molecule has 0 aliphatic carbocycles. The van der Waals surface area contributed by atoms with Crippen LogP contribution in [0.1, 0.15) is 12.8 Å². The first-order chi connectivity index (χ1) is 11.7. The lowest BCUT2D eigenvalue weighted by molar-refractivity contribution is 0.187. The molecule has 3 rings (SSSR count). The predicted molar refractivity (Wildman–Crippen MR) is 94.7 cm³/mol. The first-order valence-electron chi connectivity index (χ1n) is 8.06. The van der Waals surface area contributed by atoms with Crippen molar-refractivity contribution in [2.24, 2.45) is 5.92 Å². The summed E-state index contributed by atoms with van der Waals surface area (Å²) in [5.41, 5.74) is 0.232. The Morgan fingerprint density at radius 1 is 1.21 bits per heavy atom. The molecule has 2 aromatic rings. The van der Waals surface area contributed by atoms with E-state index in [1.54, 1.807) is 41.1 Å². The Morgan fingerprint density at radius 3 is 2.67 bits per heavy atom. The standard InChI is InChI=1S/C18H20FN3OS/c19-15-5-1-2-6-16(15)21-18(23)22-11-8-14(9-12-22)13-24-17-7-3-4-10-20-17/h1-7,10,14H,8-9,11-13H2,(H,21,23). The van der Waals surface area contributed by atoms with Crippen LogP contribution in [-0.4, -0.2) is 34.8 Å². The molecule has 1 aliphatic rings. The molecule has 1 aromatic heterocycles. The highest BCUT2D eigenvalue weighted by atomic mass is 32.2. The first-order valence-corrected chi connectivity index (χ1v) is 9.05. The molecule has 0 unspecified atom stereocenters. The summed E-state index contributed by atoms with van der Waals surface area (Å²) in [7, 11) is 0. The number of aromatic nitrogens is 1. The van der Waals surface area contributed by atoms with Crippen LogP contribution in [0.5, 0.6) is 0 Å². The fourth-order valence-electron chi connectivity index (χ4n) is 2.70.